The van der Waals surface area contributed by atoms with Gasteiger partial charge in [-0.3, -0.25) is 14.6 Å². The van der Waals surface area contributed by atoms with Crippen molar-refractivity contribution in [3.05, 3.63) is 82.3 Å². The van der Waals surface area contributed by atoms with Gasteiger partial charge >= 0.3 is 23.6 Å². The predicted octanol–water partition coefficient (Wildman–Crippen LogP) is 4.64. The van der Waals surface area contributed by atoms with Gasteiger partial charge in [0.1, 0.15) is 5.76 Å². The lowest BCUT2D eigenvalue weighted by molar-refractivity contribution is -0.764. The van der Waals surface area contributed by atoms with E-state index in [4.69, 9.17) is 4.42 Å². The summed E-state index contributed by atoms with van der Waals surface area (Å²) in [6, 6.07) is 14.8. The van der Waals surface area contributed by atoms with Gasteiger partial charge in [-0.25, -0.2) is 4.90 Å². The number of carbonyl (C=O) groups is 1. The number of nitrogens with one attached hydrogen (secondary N) is 1. The Balaban J connectivity index is 1.71. The van der Waals surface area contributed by atoms with Crippen LogP contribution in [0.2, 0.25) is 0 Å². The van der Waals surface area contributed by atoms with Gasteiger partial charge in [0, 0.05) is 17.6 Å². The summed E-state index contributed by atoms with van der Waals surface area (Å²) in [5.74, 6) is 0.0921. The van der Waals surface area contributed by atoms with Crippen molar-refractivity contribution in [2.24, 2.45) is 0 Å². The number of anilines is 1. The quantitative estimate of drug-likeness (QED) is 0.328. The summed E-state index contributed by atoms with van der Waals surface area (Å²) in [7, 11) is 0. The molecule has 0 bridgehead atoms. The SMILES string of the molecule is CSc1n[n+]2c(c(=O)[nH]1)-c1ccccc1N(C(C)=O)[C@@H]2c1ccc(-c2cccc(C(F)(F)F)c2)o1. The maximum absolute atomic E-state index is 13.2. The van der Waals surface area contributed by atoms with Crippen LogP contribution in [0.25, 0.3) is 22.6 Å². The number of nitrogens with zero attached hydrogens (tertiary/aromatic N) is 3. The molecule has 5 rings (SSSR count). The van der Waals surface area contributed by atoms with Crippen molar-refractivity contribution in [2.45, 2.75) is 24.4 Å². The number of H-pyrrole nitrogens is 1. The minimum Gasteiger partial charge on any atom is -0.452 e. The average Bonchev–Trinajstić information content (AvgIpc) is 3.32. The van der Waals surface area contributed by atoms with E-state index in [0.29, 0.717) is 16.4 Å². The van der Waals surface area contributed by atoms with E-state index in [1.807, 2.05) is 0 Å². The molecular formula is C24H18F3N4O3S+. The van der Waals surface area contributed by atoms with Gasteiger partial charge in [-0.2, -0.15) is 13.2 Å². The van der Waals surface area contributed by atoms with Gasteiger partial charge in [0.25, 0.3) is 0 Å². The molecule has 1 atom stereocenters. The molecule has 2 aromatic heterocycles. The molecule has 4 aromatic rings. The van der Waals surface area contributed by atoms with E-state index in [1.165, 1.54) is 46.5 Å². The average molecular weight is 499 g/mol. The highest BCUT2D eigenvalue weighted by molar-refractivity contribution is 7.98. The van der Waals surface area contributed by atoms with E-state index in [1.54, 1.807) is 36.6 Å². The van der Waals surface area contributed by atoms with Gasteiger partial charge in [0.2, 0.25) is 11.1 Å². The van der Waals surface area contributed by atoms with Gasteiger partial charge in [-0.15, -0.1) is 0 Å². The summed E-state index contributed by atoms with van der Waals surface area (Å²) in [5.41, 5.74) is 0.275. The summed E-state index contributed by atoms with van der Waals surface area (Å²) < 4.78 is 47.1. The number of amides is 1. The van der Waals surface area contributed by atoms with Crippen LogP contribution in [0, 0.1) is 0 Å². The molecule has 0 saturated heterocycles. The van der Waals surface area contributed by atoms with Crippen molar-refractivity contribution in [1.29, 1.82) is 0 Å². The molecule has 7 nitrogen and oxygen atoms in total. The monoisotopic (exact) mass is 499 g/mol. The summed E-state index contributed by atoms with van der Waals surface area (Å²) in [4.78, 5) is 30.1. The number of furan rings is 1. The Morgan fingerprint density at radius 2 is 1.91 bits per heavy atom. The summed E-state index contributed by atoms with van der Waals surface area (Å²) in [6.45, 7) is 1.38. The normalized spacial score (nSPS) is 15.0. The molecule has 3 heterocycles. The fourth-order valence-corrected chi connectivity index (χ4v) is 4.52. The molecule has 1 N–H and O–H groups in total. The van der Waals surface area contributed by atoms with Crippen LogP contribution < -0.4 is 15.1 Å². The Bertz CT molecular complexity index is 1510. The molecule has 11 heteroatoms. The topological polar surface area (TPSA) is 83.1 Å². The van der Waals surface area contributed by atoms with Crippen LogP contribution in [0.1, 0.15) is 24.4 Å². The van der Waals surface area contributed by atoms with Gasteiger partial charge < -0.3 is 4.42 Å². The van der Waals surface area contributed by atoms with E-state index in [2.05, 4.69) is 10.1 Å². The Kier molecular flexibility index (Phi) is 5.51. The number of benzene rings is 2. The molecule has 1 amide bonds. The molecule has 0 radical (unpaired) electrons. The van der Waals surface area contributed by atoms with Gasteiger partial charge in [0.15, 0.2) is 5.76 Å². The standard InChI is InChI=1S/C24H17F3N4O3S/c1-13(32)30-17-9-4-3-8-16(17)20-21(33)28-23(35-2)29-31(20)22(30)19-11-10-18(34-19)14-6-5-7-15(12-14)24(25,26)27/h3-12,22H,1-2H3/p+1/t22-/m0/s1. The maximum Gasteiger partial charge on any atom is 0.416 e. The van der Waals surface area contributed by atoms with Crippen LogP contribution in [0.5, 0.6) is 0 Å². The number of fused-ring (bicyclic) bond motifs is 3. The lowest BCUT2D eigenvalue weighted by atomic mass is 10.0. The molecule has 178 valence electrons. The van der Waals surface area contributed by atoms with Crippen molar-refractivity contribution in [3.8, 4) is 22.6 Å². The zero-order valence-corrected chi connectivity index (χ0v) is 19.3. The van der Waals surface area contributed by atoms with E-state index in [-0.39, 0.29) is 28.7 Å². The molecule has 35 heavy (non-hydrogen) atoms. The molecule has 1 aliphatic rings. The van der Waals surface area contributed by atoms with Crippen molar-refractivity contribution >= 4 is 23.4 Å². The molecule has 0 aliphatic carbocycles. The number of aromatic amines is 1. The number of aromatic nitrogens is 3. The van der Waals surface area contributed by atoms with Crippen LogP contribution >= 0.6 is 11.8 Å². The third kappa shape index (κ3) is 3.91. The molecule has 1 aliphatic heterocycles. The van der Waals surface area contributed by atoms with Crippen molar-refractivity contribution in [1.82, 2.24) is 10.1 Å². The minimum atomic E-state index is -4.50. The number of alkyl halides is 3. The number of hydrogen-bond donors (Lipinski definition) is 1. The number of halogens is 3. The summed E-state index contributed by atoms with van der Waals surface area (Å²) >= 11 is 1.22. The smallest absolute Gasteiger partial charge is 0.416 e. The highest BCUT2D eigenvalue weighted by Crippen LogP contribution is 2.39. The number of para-hydroxylation sites is 1. The second-order valence-electron chi connectivity index (χ2n) is 7.82. The number of carbonyl (C=O) groups excluding carboxylic acids is 1. The molecule has 0 fully saturated rings. The van der Waals surface area contributed by atoms with Gasteiger partial charge in [0.05, 0.1) is 16.8 Å². The van der Waals surface area contributed by atoms with E-state index in [9.17, 15) is 22.8 Å². The second kappa shape index (κ2) is 8.42. The Labute approximate surface area is 201 Å². The van der Waals surface area contributed by atoms with Crippen molar-refractivity contribution in [2.75, 3.05) is 11.2 Å². The molecule has 0 saturated carbocycles. The largest absolute Gasteiger partial charge is 0.452 e. The van der Waals surface area contributed by atoms with Gasteiger partial charge in [-0.05, 0) is 47.3 Å². The van der Waals surface area contributed by atoms with E-state index in [0.717, 1.165) is 12.1 Å². The highest BCUT2D eigenvalue weighted by atomic mass is 32.2. The maximum atomic E-state index is 13.2. The lowest BCUT2D eigenvalue weighted by Gasteiger charge is -2.29. The van der Waals surface area contributed by atoms with E-state index >= 15 is 0 Å². The Morgan fingerprint density at radius 1 is 1.14 bits per heavy atom. The van der Waals surface area contributed by atoms with Crippen LogP contribution in [-0.2, 0) is 11.0 Å². The molecule has 0 unspecified atom stereocenters. The third-order valence-electron chi connectivity index (χ3n) is 5.65. The first-order valence-corrected chi connectivity index (χ1v) is 11.7. The molecular weight excluding hydrogens is 481 g/mol. The third-order valence-corrected chi connectivity index (χ3v) is 6.22. The van der Waals surface area contributed by atoms with Crippen molar-refractivity contribution in [3.63, 3.8) is 0 Å². The highest BCUT2D eigenvalue weighted by Gasteiger charge is 2.46. The zero-order valence-electron chi connectivity index (χ0n) is 18.5. The predicted molar refractivity (Wildman–Crippen MR) is 123 cm³/mol. The summed E-state index contributed by atoms with van der Waals surface area (Å²) in [5, 5.41) is 4.86. The molecule has 0 spiro atoms. The summed E-state index contributed by atoms with van der Waals surface area (Å²) in [6.07, 6.45) is -3.72. The first-order valence-electron chi connectivity index (χ1n) is 10.5. The molecule has 2 aromatic carbocycles. The minimum absolute atomic E-state index is 0.186. The van der Waals surface area contributed by atoms with Crippen LogP contribution in [0.15, 0.2) is 75.0 Å². The number of hydrogen-bond acceptors (Lipinski definition) is 5. The lowest BCUT2D eigenvalue weighted by Crippen LogP contribution is -2.60. The second-order valence-corrected chi connectivity index (χ2v) is 8.61. The first kappa shape index (κ1) is 22.9. The van der Waals surface area contributed by atoms with Gasteiger partial charge in [-0.1, -0.05) is 36.0 Å². The van der Waals surface area contributed by atoms with Crippen molar-refractivity contribution < 1.29 is 27.1 Å². The zero-order chi connectivity index (χ0) is 24.9. The van der Waals surface area contributed by atoms with Crippen LogP contribution in [0.4, 0.5) is 18.9 Å². The first-order chi connectivity index (χ1) is 16.7. The Morgan fingerprint density at radius 3 is 2.63 bits per heavy atom. The van der Waals surface area contributed by atoms with Crippen LogP contribution in [0.3, 0.4) is 0 Å². The Hall–Kier alpha value is -3.86. The fourth-order valence-electron chi connectivity index (χ4n) is 4.16. The van der Waals surface area contributed by atoms with E-state index < -0.39 is 23.5 Å². The fraction of sp³-hybridized carbons (Fsp3) is 0.167. The van der Waals surface area contributed by atoms with Crippen LogP contribution in [-0.4, -0.2) is 22.2 Å². The number of thioether (sulfide) groups is 1. The number of rotatable bonds is 3.